The third kappa shape index (κ3) is 2.12. The van der Waals surface area contributed by atoms with E-state index in [0.29, 0.717) is 5.69 Å². The Balaban J connectivity index is 3.27. The van der Waals surface area contributed by atoms with Crippen molar-refractivity contribution >= 4 is 27.4 Å². The van der Waals surface area contributed by atoms with Crippen LogP contribution in [0.1, 0.15) is 0 Å². The highest BCUT2D eigenvalue weighted by molar-refractivity contribution is 7.86. The van der Waals surface area contributed by atoms with Crippen LogP contribution in [-0.2, 0) is 14.3 Å². The van der Waals surface area contributed by atoms with Gasteiger partial charge in [-0.05, 0) is 18.2 Å². The molecule has 6 heteroatoms. The van der Waals surface area contributed by atoms with Crippen molar-refractivity contribution in [2.24, 2.45) is 0 Å². The highest BCUT2D eigenvalue weighted by atomic mass is 35.5. The lowest BCUT2D eigenvalue weighted by Gasteiger charge is -2.02. The second-order valence-electron chi connectivity index (χ2n) is 2.30. The van der Waals surface area contributed by atoms with Crippen LogP contribution in [0.5, 0.6) is 0 Å². The minimum absolute atomic E-state index is 0.00537. The maximum absolute atomic E-state index is 11.1. The summed E-state index contributed by atoms with van der Waals surface area (Å²) in [5, 5.41) is 0.193. The zero-order chi connectivity index (χ0) is 10.1. The summed E-state index contributed by atoms with van der Waals surface area (Å²) >= 11 is 5.63. The van der Waals surface area contributed by atoms with E-state index in [9.17, 15) is 8.42 Å². The Bertz CT molecular complexity index is 416. The van der Waals surface area contributed by atoms with E-state index in [1.54, 1.807) is 0 Å². The van der Waals surface area contributed by atoms with Crippen LogP contribution in [0.3, 0.4) is 0 Å². The first-order valence-electron chi connectivity index (χ1n) is 3.33. The van der Waals surface area contributed by atoms with E-state index in [-0.39, 0.29) is 9.92 Å². The summed E-state index contributed by atoms with van der Waals surface area (Å²) in [5.41, 5.74) is 5.74. The predicted octanol–water partition coefficient (Wildman–Crippen LogP) is 1.26. The Labute approximate surface area is 81.4 Å². The number of hydrogen-bond acceptors (Lipinski definition) is 4. The quantitative estimate of drug-likeness (QED) is 0.603. The molecule has 0 aliphatic carbocycles. The van der Waals surface area contributed by atoms with Crippen molar-refractivity contribution in [1.82, 2.24) is 0 Å². The summed E-state index contributed by atoms with van der Waals surface area (Å²) < 4.78 is 26.6. The minimum atomic E-state index is -3.68. The summed E-state index contributed by atoms with van der Waals surface area (Å²) in [5.74, 6) is 0. The van der Waals surface area contributed by atoms with E-state index in [0.717, 1.165) is 7.11 Å². The van der Waals surface area contributed by atoms with Crippen LogP contribution in [0.4, 0.5) is 5.69 Å². The van der Waals surface area contributed by atoms with Gasteiger partial charge in [-0.25, -0.2) is 0 Å². The zero-order valence-corrected chi connectivity index (χ0v) is 8.39. The van der Waals surface area contributed by atoms with Gasteiger partial charge in [0.15, 0.2) is 0 Å². The standard InChI is InChI=1S/C7H8ClNO3S/c1-12-13(10,11)5-2-3-7(9)6(8)4-5/h2-4H,9H2,1H3. The molecule has 0 saturated carbocycles. The molecule has 0 spiro atoms. The van der Waals surface area contributed by atoms with Crippen molar-refractivity contribution < 1.29 is 12.6 Å². The van der Waals surface area contributed by atoms with Crippen molar-refractivity contribution in [2.45, 2.75) is 4.90 Å². The molecule has 0 atom stereocenters. The van der Waals surface area contributed by atoms with E-state index >= 15 is 0 Å². The van der Waals surface area contributed by atoms with Gasteiger partial charge in [-0.3, -0.25) is 4.18 Å². The van der Waals surface area contributed by atoms with Crippen LogP contribution < -0.4 is 5.73 Å². The molecule has 0 saturated heterocycles. The van der Waals surface area contributed by atoms with Gasteiger partial charge in [0.25, 0.3) is 10.1 Å². The zero-order valence-electron chi connectivity index (χ0n) is 6.82. The van der Waals surface area contributed by atoms with Crippen LogP contribution in [0.25, 0.3) is 0 Å². The first kappa shape index (κ1) is 10.3. The second-order valence-corrected chi connectivity index (χ2v) is 4.42. The fourth-order valence-electron chi connectivity index (χ4n) is 0.760. The van der Waals surface area contributed by atoms with Crippen LogP contribution >= 0.6 is 11.6 Å². The molecule has 1 aromatic rings. The van der Waals surface area contributed by atoms with Gasteiger partial charge in [-0.15, -0.1) is 0 Å². The molecule has 0 aromatic heterocycles. The van der Waals surface area contributed by atoms with Crippen molar-refractivity contribution in [1.29, 1.82) is 0 Å². The van der Waals surface area contributed by atoms with E-state index in [1.165, 1.54) is 18.2 Å². The van der Waals surface area contributed by atoms with Crippen molar-refractivity contribution in [3.8, 4) is 0 Å². The number of nitrogens with two attached hydrogens (primary N) is 1. The maximum atomic E-state index is 11.1. The number of benzene rings is 1. The molecule has 1 aromatic carbocycles. The molecule has 0 bridgehead atoms. The molecule has 0 radical (unpaired) electrons. The van der Waals surface area contributed by atoms with Gasteiger partial charge in [-0.1, -0.05) is 11.6 Å². The molecule has 72 valence electrons. The highest BCUT2D eigenvalue weighted by Gasteiger charge is 2.13. The largest absolute Gasteiger partial charge is 0.398 e. The average Bonchev–Trinajstić information content (AvgIpc) is 2.09. The van der Waals surface area contributed by atoms with E-state index in [2.05, 4.69) is 4.18 Å². The Morgan fingerprint density at radius 2 is 2.08 bits per heavy atom. The SMILES string of the molecule is COS(=O)(=O)c1ccc(N)c(Cl)c1. The number of anilines is 1. The summed E-state index contributed by atoms with van der Waals surface area (Å²) in [4.78, 5) is -0.00537. The average molecular weight is 222 g/mol. The van der Waals surface area contributed by atoms with E-state index in [1.807, 2.05) is 0 Å². The maximum Gasteiger partial charge on any atom is 0.296 e. The van der Waals surface area contributed by atoms with Crippen LogP contribution in [0.15, 0.2) is 23.1 Å². The molecule has 0 unspecified atom stereocenters. The third-order valence-corrected chi connectivity index (χ3v) is 3.08. The first-order valence-corrected chi connectivity index (χ1v) is 5.11. The number of halogens is 1. The molecule has 4 nitrogen and oxygen atoms in total. The molecule has 0 amide bonds. The molecule has 0 heterocycles. The van der Waals surface area contributed by atoms with Gasteiger partial charge in [0.2, 0.25) is 0 Å². The lowest BCUT2D eigenvalue weighted by atomic mass is 10.3. The van der Waals surface area contributed by atoms with Crippen LogP contribution in [-0.4, -0.2) is 15.5 Å². The van der Waals surface area contributed by atoms with Crippen molar-refractivity contribution in [3.05, 3.63) is 23.2 Å². The summed E-state index contributed by atoms with van der Waals surface area (Å²) in [6.07, 6.45) is 0. The molecule has 0 fully saturated rings. The summed E-state index contributed by atoms with van der Waals surface area (Å²) in [6, 6.07) is 3.99. The number of rotatable bonds is 2. The molecule has 13 heavy (non-hydrogen) atoms. The van der Waals surface area contributed by atoms with Gasteiger partial charge in [0.1, 0.15) is 0 Å². The lowest BCUT2D eigenvalue weighted by Crippen LogP contribution is -2.03. The smallest absolute Gasteiger partial charge is 0.296 e. The first-order chi connectivity index (χ1) is 5.97. The number of nitrogen functional groups attached to an aromatic ring is 1. The van der Waals surface area contributed by atoms with Gasteiger partial charge >= 0.3 is 0 Å². The van der Waals surface area contributed by atoms with Crippen molar-refractivity contribution in [3.63, 3.8) is 0 Å². The molecular weight excluding hydrogens is 214 g/mol. The second kappa shape index (κ2) is 3.53. The van der Waals surface area contributed by atoms with Gasteiger partial charge in [-0.2, -0.15) is 8.42 Å². The number of hydrogen-bond donors (Lipinski definition) is 1. The molecule has 0 aliphatic rings. The monoisotopic (exact) mass is 221 g/mol. The molecular formula is C7H8ClNO3S. The normalized spacial score (nSPS) is 11.5. The van der Waals surface area contributed by atoms with Crippen LogP contribution in [0, 0.1) is 0 Å². The predicted molar refractivity (Wildman–Crippen MR) is 50.1 cm³/mol. The Kier molecular flexibility index (Phi) is 2.80. The summed E-state index contributed by atoms with van der Waals surface area (Å²) in [6.45, 7) is 0. The van der Waals surface area contributed by atoms with Gasteiger partial charge in [0.05, 0.1) is 22.7 Å². The molecule has 2 N–H and O–H groups in total. The minimum Gasteiger partial charge on any atom is -0.398 e. The Morgan fingerprint density at radius 1 is 1.46 bits per heavy atom. The Morgan fingerprint density at radius 3 is 2.54 bits per heavy atom. The van der Waals surface area contributed by atoms with Crippen molar-refractivity contribution in [2.75, 3.05) is 12.8 Å². The van der Waals surface area contributed by atoms with E-state index in [4.69, 9.17) is 17.3 Å². The van der Waals surface area contributed by atoms with Crippen LogP contribution in [0.2, 0.25) is 5.02 Å². The molecule has 0 aliphatic heterocycles. The lowest BCUT2D eigenvalue weighted by molar-refractivity contribution is 0.398. The summed E-state index contributed by atoms with van der Waals surface area (Å²) in [7, 11) is -2.59. The van der Waals surface area contributed by atoms with Gasteiger partial charge < -0.3 is 5.73 Å². The van der Waals surface area contributed by atoms with Gasteiger partial charge in [0, 0.05) is 0 Å². The fourth-order valence-corrected chi connectivity index (χ4v) is 1.69. The fraction of sp³-hybridized carbons (Fsp3) is 0.143. The topological polar surface area (TPSA) is 69.4 Å². The van der Waals surface area contributed by atoms with E-state index < -0.39 is 10.1 Å². The third-order valence-electron chi connectivity index (χ3n) is 1.48. The highest BCUT2D eigenvalue weighted by Crippen LogP contribution is 2.22. The molecule has 1 rings (SSSR count). The Hall–Kier alpha value is -0.780.